The first-order chi connectivity index (χ1) is 13.1. The van der Waals surface area contributed by atoms with Gasteiger partial charge in [-0.3, -0.25) is 9.36 Å². The fourth-order valence-electron chi connectivity index (χ4n) is 3.10. The number of rotatable bonds is 4. The molecule has 138 valence electrons. The van der Waals surface area contributed by atoms with E-state index in [9.17, 15) is 4.79 Å². The molecule has 0 radical (unpaired) electrons. The van der Waals surface area contributed by atoms with Crippen molar-refractivity contribution in [3.8, 4) is 17.2 Å². The highest BCUT2D eigenvalue weighted by Crippen LogP contribution is 2.31. The summed E-state index contributed by atoms with van der Waals surface area (Å²) in [5, 5.41) is 0. The van der Waals surface area contributed by atoms with Gasteiger partial charge in [0.05, 0.1) is 6.54 Å². The molecule has 0 saturated heterocycles. The van der Waals surface area contributed by atoms with Gasteiger partial charge in [0.15, 0.2) is 22.4 Å². The summed E-state index contributed by atoms with van der Waals surface area (Å²) in [5.41, 5.74) is 1.32. The second-order valence-corrected chi connectivity index (χ2v) is 6.72. The Morgan fingerprint density at radius 3 is 2.67 bits per heavy atom. The molecule has 0 spiro atoms. The Morgan fingerprint density at radius 2 is 1.89 bits per heavy atom. The van der Waals surface area contributed by atoms with E-state index in [1.165, 1.54) is 0 Å². The Morgan fingerprint density at radius 1 is 1.19 bits per heavy atom. The van der Waals surface area contributed by atoms with Gasteiger partial charge in [-0.15, -0.1) is 0 Å². The van der Waals surface area contributed by atoms with Crippen LogP contribution in [0.2, 0.25) is 0 Å². The van der Waals surface area contributed by atoms with Crippen LogP contribution in [0.1, 0.15) is 10.5 Å². The van der Waals surface area contributed by atoms with Gasteiger partial charge in [-0.05, 0) is 36.5 Å². The number of hydrogen-bond donors (Lipinski definition) is 1. The van der Waals surface area contributed by atoms with Crippen molar-refractivity contribution in [1.82, 2.24) is 14.5 Å². The molecular weight excluding hydrogens is 362 g/mol. The van der Waals surface area contributed by atoms with Crippen LogP contribution in [-0.2, 0) is 0 Å². The number of hydrogen-bond acceptors (Lipinski definition) is 4. The van der Waals surface area contributed by atoms with E-state index in [0.29, 0.717) is 29.4 Å². The zero-order valence-electron chi connectivity index (χ0n) is 14.8. The molecule has 1 aliphatic heterocycles. The number of aromatic nitrogens is 2. The number of imidazole rings is 1. The summed E-state index contributed by atoms with van der Waals surface area (Å²) in [6.07, 6.45) is 1.41. The van der Waals surface area contributed by atoms with E-state index in [0.717, 1.165) is 11.4 Å². The molecular formula is C20H19N3O3S. The lowest BCUT2D eigenvalue weighted by Crippen LogP contribution is -2.42. The molecule has 4 rings (SSSR count). The molecule has 0 bridgehead atoms. The Balaban J connectivity index is 1.52. The number of carbonyl (C=O) groups excluding carboxylic acids is 1. The third kappa shape index (κ3) is 3.46. The van der Waals surface area contributed by atoms with Crippen LogP contribution in [0.4, 0.5) is 0 Å². The van der Waals surface area contributed by atoms with Crippen LogP contribution in [0.25, 0.3) is 5.69 Å². The van der Waals surface area contributed by atoms with E-state index in [1.54, 1.807) is 22.7 Å². The summed E-state index contributed by atoms with van der Waals surface area (Å²) in [6, 6.07) is 17.1. The lowest BCUT2D eigenvalue weighted by atomic mass is 10.2. The number of para-hydroxylation sites is 3. The van der Waals surface area contributed by atoms with Gasteiger partial charge in [0.1, 0.15) is 12.3 Å². The molecule has 1 amide bonds. The molecule has 1 N–H and O–H groups in total. The van der Waals surface area contributed by atoms with Crippen LogP contribution >= 0.6 is 12.2 Å². The summed E-state index contributed by atoms with van der Waals surface area (Å²) in [6.45, 7) is 0.798. The van der Waals surface area contributed by atoms with E-state index in [1.807, 2.05) is 54.6 Å². The molecule has 6 nitrogen and oxygen atoms in total. The van der Waals surface area contributed by atoms with Crippen molar-refractivity contribution < 1.29 is 14.3 Å². The lowest BCUT2D eigenvalue weighted by Gasteiger charge is -2.29. The third-order valence-electron chi connectivity index (χ3n) is 4.40. The highest BCUT2D eigenvalue weighted by molar-refractivity contribution is 7.71. The number of benzene rings is 2. The maximum absolute atomic E-state index is 13.0. The van der Waals surface area contributed by atoms with Crippen molar-refractivity contribution in [2.24, 2.45) is 0 Å². The molecule has 0 unspecified atom stereocenters. The van der Waals surface area contributed by atoms with Crippen molar-refractivity contribution in [3.05, 3.63) is 71.3 Å². The normalized spacial score (nSPS) is 15.4. The quantitative estimate of drug-likeness (QED) is 0.704. The van der Waals surface area contributed by atoms with Gasteiger partial charge >= 0.3 is 0 Å². The van der Waals surface area contributed by atoms with Gasteiger partial charge in [-0.1, -0.05) is 30.3 Å². The molecule has 27 heavy (non-hydrogen) atoms. The molecule has 7 heteroatoms. The zero-order valence-corrected chi connectivity index (χ0v) is 15.6. The van der Waals surface area contributed by atoms with Gasteiger partial charge < -0.3 is 19.4 Å². The van der Waals surface area contributed by atoms with Crippen molar-refractivity contribution in [1.29, 1.82) is 0 Å². The maximum atomic E-state index is 13.0. The third-order valence-corrected chi connectivity index (χ3v) is 4.70. The van der Waals surface area contributed by atoms with Crippen LogP contribution in [-0.4, -0.2) is 46.7 Å². The van der Waals surface area contributed by atoms with Crippen LogP contribution in [0.5, 0.6) is 11.5 Å². The van der Waals surface area contributed by atoms with Crippen LogP contribution in [0, 0.1) is 4.77 Å². The van der Waals surface area contributed by atoms with Crippen molar-refractivity contribution in [2.45, 2.75) is 6.10 Å². The predicted molar refractivity (Wildman–Crippen MR) is 104 cm³/mol. The molecule has 0 aliphatic carbocycles. The molecule has 3 aromatic rings. The standard InChI is InChI=1S/C20H19N3O3S/c1-22(12-15-13-25-17-9-5-6-10-18(17)26-15)19(24)16-11-21-20(27)23(16)14-7-3-2-4-8-14/h2-11,15H,12-13H2,1H3,(H,21,27)/t15-/m0/s1. The maximum Gasteiger partial charge on any atom is 0.272 e. The van der Waals surface area contributed by atoms with E-state index in [4.69, 9.17) is 21.7 Å². The Labute approximate surface area is 162 Å². The van der Waals surface area contributed by atoms with Gasteiger partial charge in [-0.2, -0.15) is 0 Å². The summed E-state index contributed by atoms with van der Waals surface area (Å²) in [7, 11) is 1.75. The van der Waals surface area contributed by atoms with Crippen molar-refractivity contribution in [2.75, 3.05) is 20.2 Å². The number of aromatic amines is 1. The van der Waals surface area contributed by atoms with E-state index < -0.39 is 0 Å². The molecule has 1 aliphatic rings. The predicted octanol–water partition coefficient (Wildman–Crippen LogP) is 3.45. The van der Waals surface area contributed by atoms with Crippen molar-refractivity contribution in [3.63, 3.8) is 0 Å². The number of nitrogens with zero attached hydrogens (tertiary/aromatic N) is 2. The molecule has 1 atom stereocenters. The SMILES string of the molecule is CN(C[C@H]1COc2ccccc2O1)C(=O)c1c[nH]c(=S)n1-c1ccccc1. The van der Waals surface area contributed by atoms with Crippen molar-refractivity contribution >= 4 is 18.1 Å². The fourth-order valence-corrected chi connectivity index (χ4v) is 3.36. The highest BCUT2D eigenvalue weighted by Gasteiger charge is 2.25. The Bertz CT molecular complexity index is 1010. The monoisotopic (exact) mass is 381 g/mol. The van der Waals surface area contributed by atoms with Gasteiger partial charge in [-0.25, -0.2) is 0 Å². The van der Waals surface area contributed by atoms with E-state index >= 15 is 0 Å². The van der Waals surface area contributed by atoms with Crippen LogP contribution in [0.3, 0.4) is 0 Å². The van der Waals surface area contributed by atoms with Gasteiger partial charge in [0.2, 0.25) is 0 Å². The molecule has 0 saturated carbocycles. The second kappa shape index (κ2) is 7.28. The molecule has 0 fully saturated rings. The lowest BCUT2D eigenvalue weighted by molar-refractivity contribution is 0.0516. The number of amides is 1. The largest absolute Gasteiger partial charge is 0.486 e. The first kappa shape index (κ1) is 17.4. The minimum atomic E-state index is -0.235. The van der Waals surface area contributed by atoms with E-state index in [2.05, 4.69) is 4.98 Å². The minimum Gasteiger partial charge on any atom is -0.486 e. The van der Waals surface area contributed by atoms with Crippen LogP contribution < -0.4 is 9.47 Å². The summed E-state index contributed by atoms with van der Waals surface area (Å²) in [5.74, 6) is 1.28. The number of ether oxygens (including phenoxy) is 2. The fraction of sp³-hybridized carbons (Fsp3) is 0.200. The first-order valence-corrected chi connectivity index (χ1v) is 9.04. The number of nitrogens with one attached hydrogen (secondary N) is 1. The highest BCUT2D eigenvalue weighted by atomic mass is 32.1. The number of likely N-dealkylation sites (N-methyl/N-ethyl adjacent to an activating group) is 1. The summed E-state index contributed by atoms with van der Waals surface area (Å²) in [4.78, 5) is 17.6. The number of H-pyrrole nitrogens is 1. The van der Waals surface area contributed by atoms with Gasteiger partial charge in [0.25, 0.3) is 5.91 Å². The summed E-state index contributed by atoms with van der Waals surface area (Å²) < 4.78 is 13.9. The first-order valence-electron chi connectivity index (χ1n) is 8.63. The molecule has 1 aromatic heterocycles. The number of carbonyl (C=O) groups is 1. The average molecular weight is 381 g/mol. The zero-order chi connectivity index (χ0) is 18.8. The molecule has 2 heterocycles. The smallest absolute Gasteiger partial charge is 0.272 e. The average Bonchev–Trinajstić information content (AvgIpc) is 3.09. The van der Waals surface area contributed by atoms with Gasteiger partial charge in [0, 0.05) is 18.9 Å². The Kier molecular flexibility index (Phi) is 4.68. The summed E-state index contributed by atoms with van der Waals surface area (Å²) >= 11 is 5.36. The van der Waals surface area contributed by atoms with Crippen LogP contribution in [0.15, 0.2) is 60.8 Å². The number of fused-ring (bicyclic) bond motifs is 1. The topological polar surface area (TPSA) is 59.5 Å². The van der Waals surface area contributed by atoms with E-state index in [-0.39, 0.29) is 12.0 Å². The Hall–Kier alpha value is -3.06. The molecule has 2 aromatic carbocycles. The minimum absolute atomic E-state index is 0.145. The second-order valence-electron chi connectivity index (χ2n) is 6.33.